The molecule has 2 rings (SSSR count). The van der Waals surface area contributed by atoms with Crippen LogP contribution in [-0.2, 0) is 6.54 Å². The number of nitrogens with one attached hydrogen (secondary N) is 2. The number of imidazole rings is 1. The summed E-state index contributed by atoms with van der Waals surface area (Å²) < 4.78 is 14.8. The summed E-state index contributed by atoms with van der Waals surface area (Å²) in [6.45, 7) is 0.869. The minimum Gasteiger partial charge on any atom is -0.478 e. The number of aromatic nitrogens is 2. The lowest BCUT2D eigenvalue weighted by atomic mass is 10.2. The van der Waals surface area contributed by atoms with E-state index >= 15 is 0 Å². The van der Waals surface area contributed by atoms with E-state index in [9.17, 15) is 14.0 Å². The highest BCUT2D eigenvalue weighted by Gasteiger charge is 2.13. The molecule has 7 nitrogen and oxygen atoms in total. The number of nitrogens with zero attached hydrogens (tertiary/aromatic N) is 2. The van der Waals surface area contributed by atoms with Gasteiger partial charge in [0.05, 0.1) is 17.6 Å². The summed E-state index contributed by atoms with van der Waals surface area (Å²) in [5.74, 6) is -2.00. The van der Waals surface area contributed by atoms with Gasteiger partial charge < -0.3 is 20.3 Å². The number of carboxylic acids is 1. The summed E-state index contributed by atoms with van der Waals surface area (Å²) in [5.41, 5.74) is -0.274. The van der Waals surface area contributed by atoms with Gasteiger partial charge in [-0.3, -0.25) is 0 Å². The highest BCUT2D eigenvalue weighted by molar-refractivity contribution is 5.99. The van der Waals surface area contributed by atoms with E-state index in [4.69, 9.17) is 5.11 Å². The minimum atomic E-state index is -1.32. The molecule has 0 aliphatic carbocycles. The number of hydrogen-bond acceptors (Lipinski definition) is 3. The van der Waals surface area contributed by atoms with Crippen molar-refractivity contribution < 1.29 is 19.1 Å². The average molecular weight is 292 g/mol. The van der Waals surface area contributed by atoms with Crippen LogP contribution in [-0.4, -0.2) is 33.2 Å². The molecule has 0 bridgehead atoms. The van der Waals surface area contributed by atoms with Gasteiger partial charge in [-0.15, -0.1) is 0 Å². The highest BCUT2D eigenvalue weighted by Crippen LogP contribution is 2.16. The molecule has 1 aromatic heterocycles. The second-order valence-electron chi connectivity index (χ2n) is 4.18. The normalized spacial score (nSPS) is 10.1. The van der Waals surface area contributed by atoms with E-state index in [2.05, 4.69) is 15.6 Å². The molecule has 0 radical (unpaired) electrons. The Morgan fingerprint density at radius 1 is 1.38 bits per heavy atom. The second-order valence-corrected chi connectivity index (χ2v) is 4.18. The van der Waals surface area contributed by atoms with E-state index in [0.29, 0.717) is 13.1 Å². The van der Waals surface area contributed by atoms with Crippen LogP contribution in [0, 0.1) is 5.82 Å². The Kier molecular flexibility index (Phi) is 4.50. The molecule has 0 atom stereocenters. The van der Waals surface area contributed by atoms with Gasteiger partial charge in [-0.2, -0.15) is 0 Å². The summed E-state index contributed by atoms with van der Waals surface area (Å²) in [6.07, 6.45) is 4.99. The van der Waals surface area contributed by atoms with Gasteiger partial charge in [0.2, 0.25) is 0 Å². The van der Waals surface area contributed by atoms with Crippen LogP contribution in [0.1, 0.15) is 10.4 Å². The molecular formula is C13H13FN4O3. The van der Waals surface area contributed by atoms with Crippen molar-refractivity contribution in [1.29, 1.82) is 0 Å². The fourth-order valence-electron chi connectivity index (χ4n) is 1.69. The summed E-state index contributed by atoms with van der Waals surface area (Å²) in [7, 11) is 0. The third-order valence-electron chi connectivity index (χ3n) is 2.67. The van der Waals surface area contributed by atoms with Crippen LogP contribution >= 0.6 is 0 Å². The van der Waals surface area contributed by atoms with E-state index in [1.54, 1.807) is 23.3 Å². The lowest BCUT2D eigenvalue weighted by Gasteiger charge is -2.10. The van der Waals surface area contributed by atoms with Crippen molar-refractivity contribution in [2.24, 2.45) is 0 Å². The monoisotopic (exact) mass is 292 g/mol. The number of rotatable bonds is 5. The molecular weight excluding hydrogens is 279 g/mol. The quantitative estimate of drug-likeness (QED) is 0.779. The molecule has 110 valence electrons. The number of benzene rings is 1. The van der Waals surface area contributed by atoms with Crippen LogP contribution in [0.25, 0.3) is 0 Å². The number of carbonyl (C=O) groups excluding carboxylic acids is 1. The Morgan fingerprint density at radius 3 is 2.86 bits per heavy atom. The first-order valence-electron chi connectivity index (χ1n) is 6.09. The Bertz CT molecular complexity index is 643. The maximum absolute atomic E-state index is 13.0. The van der Waals surface area contributed by atoms with Crippen molar-refractivity contribution in [3.63, 3.8) is 0 Å². The molecule has 8 heteroatoms. The Balaban J connectivity index is 1.92. The van der Waals surface area contributed by atoms with Crippen LogP contribution in [0.2, 0.25) is 0 Å². The third-order valence-corrected chi connectivity index (χ3v) is 2.67. The summed E-state index contributed by atoms with van der Waals surface area (Å²) in [4.78, 5) is 26.5. The Labute approximate surface area is 119 Å². The van der Waals surface area contributed by atoms with E-state index < -0.39 is 17.8 Å². The molecule has 1 heterocycles. The lowest BCUT2D eigenvalue weighted by molar-refractivity contribution is 0.0697. The number of amides is 2. The number of aromatic carboxylic acids is 1. The molecule has 1 aromatic carbocycles. The topological polar surface area (TPSA) is 96.3 Å². The summed E-state index contributed by atoms with van der Waals surface area (Å²) in [5, 5.41) is 13.9. The largest absolute Gasteiger partial charge is 0.478 e. The minimum absolute atomic E-state index is 0.0315. The van der Waals surface area contributed by atoms with Crippen LogP contribution < -0.4 is 10.6 Å². The first-order chi connectivity index (χ1) is 10.1. The Morgan fingerprint density at radius 2 is 2.19 bits per heavy atom. The van der Waals surface area contributed by atoms with Gasteiger partial charge >= 0.3 is 12.0 Å². The smallest absolute Gasteiger partial charge is 0.337 e. The average Bonchev–Trinajstić information content (AvgIpc) is 2.94. The van der Waals surface area contributed by atoms with Crippen molar-refractivity contribution in [1.82, 2.24) is 14.9 Å². The summed E-state index contributed by atoms with van der Waals surface area (Å²) in [6, 6.07) is 2.56. The molecule has 2 aromatic rings. The van der Waals surface area contributed by atoms with Crippen LogP contribution in [0.5, 0.6) is 0 Å². The van der Waals surface area contributed by atoms with E-state index in [1.807, 2.05) is 0 Å². The van der Waals surface area contributed by atoms with Gasteiger partial charge in [0, 0.05) is 25.5 Å². The van der Waals surface area contributed by atoms with Crippen molar-refractivity contribution in [2.45, 2.75) is 6.54 Å². The molecule has 21 heavy (non-hydrogen) atoms. The standard InChI is InChI=1S/C13H13FN4O3/c14-9-1-2-11(10(7-9)12(19)20)17-13(21)16-4-6-18-5-3-15-8-18/h1-3,5,7-8H,4,6H2,(H,19,20)(H2,16,17,21). The maximum atomic E-state index is 13.0. The number of hydrogen-bond donors (Lipinski definition) is 3. The maximum Gasteiger partial charge on any atom is 0.337 e. The highest BCUT2D eigenvalue weighted by atomic mass is 19.1. The number of halogens is 1. The van der Waals surface area contributed by atoms with E-state index in [-0.39, 0.29) is 11.3 Å². The van der Waals surface area contributed by atoms with Gasteiger partial charge in [0.15, 0.2) is 0 Å². The predicted molar refractivity (Wildman–Crippen MR) is 72.6 cm³/mol. The number of anilines is 1. The predicted octanol–water partition coefficient (Wildman–Crippen LogP) is 1.54. The second kappa shape index (κ2) is 6.51. The molecule has 0 unspecified atom stereocenters. The molecule has 0 aliphatic rings. The van der Waals surface area contributed by atoms with Crippen molar-refractivity contribution in [3.05, 3.63) is 48.3 Å². The SMILES string of the molecule is O=C(NCCn1ccnc1)Nc1ccc(F)cc1C(=O)O. The van der Waals surface area contributed by atoms with E-state index in [1.165, 1.54) is 6.07 Å². The Hall–Kier alpha value is -2.90. The van der Waals surface area contributed by atoms with Crippen molar-refractivity contribution >= 4 is 17.7 Å². The van der Waals surface area contributed by atoms with Gasteiger partial charge in [-0.05, 0) is 18.2 Å². The van der Waals surface area contributed by atoms with E-state index in [0.717, 1.165) is 12.1 Å². The first-order valence-corrected chi connectivity index (χ1v) is 6.09. The van der Waals surface area contributed by atoms with Crippen molar-refractivity contribution in [2.75, 3.05) is 11.9 Å². The molecule has 2 amide bonds. The van der Waals surface area contributed by atoms with Gasteiger partial charge in [0.25, 0.3) is 0 Å². The molecule has 0 aliphatic heterocycles. The zero-order valence-corrected chi connectivity index (χ0v) is 10.9. The molecule has 0 fully saturated rings. The molecule has 0 saturated heterocycles. The van der Waals surface area contributed by atoms with Gasteiger partial charge in [0.1, 0.15) is 5.82 Å². The fourth-order valence-corrected chi connectivity index (χ4v) is 1.69. The summed E-state index contributed by atoms with van der Waals surface area (Å²) >= 11 is 0. The van der Waals surface area contributed by atoms with Crippen LogP contribution in [0.4, 0.5) is 14.9 Å². The number of carboxylic acid groups (broad SMARTS) is 1. The van der Waals surface area contributed by atoms with Crippen LogP contribution in [0.3, 0.4) is 0 Å². The molecule has 0 saturated carbocycles. The van der Waals surface area contributed by atoms with Crippen molar-refractivity contribution in [3.8, 4) is 0 Å². The third kappa shape index (κ3) is 4.03. The van der Waals surface area contributed by atoms with Gasteiger partial charge in [-0.25, -0.2) is 19.0 Å². The zero-order chi connectivity index (χ0) is 15.2. The molecule has 0 spiro atoms. The fraction of sp³-hybridized carbons (Fsp3) is 0.154. The first kappa shape index (κ1) is 14.5. The lowest BCUT2D eigenvalue weighted by Crippen LogP contribution is -2.31. The number of urea groups is 1. The number of carbonyl (C=O) groups is 2. The molecule has 3 N–H and O–H groups in total. The van der Waals surface area contributed by atoms with Gasteiger partial charge in [-0.1, -0.05) is 0 Å². The zero-order valence-electron chi connectivity index (χ0n) is 10.9. The van der Waals surface area contributed by atoms with Crippen LogP contribution in [0.15, 0.2) is 36.9 Å².